The van der Waals surface area contributed by atoms with Gasteiger partial charge in [0.1, 0.15) is 12.1 Å². The van der Waals surface area contributed by atoms with Crippen molar-refractivity contribution in [1.29, 1.82) is 5.26 Å². The minimum atomic E-state index is -0.742. The molecular weight excluding hydrogens is 380 g/mol. The summed E-state index contributed by atoms with van der Waals surface area (Å²) in [6.45, 7) is 12.6. The molecule has 1 aliphatic carbocycles. The Kier molecular flexibility index (Phi) is 5.68. The quantitative estimate of drug-likeness (QED) is 0.718. The molecule has 3 fully saturated rings. The van der Waals surface area contributed by atoms with E-state index in [-0.39, 0.29) is 40.5 Å². The number of carbonyl (C=O) groups is 3. The first kappa shape index (κ1) is 22.6. The molecule has 0 aromatic heterocycles. The summed E-state index contributed by atoms with van der Waals surface area (Å²) in [4.78, 5) is 40.2. The predicted octanol–water partition coefficient (Wildman–Crippen LogP) is 2.36. The van der Waals surface area contributed by atoms with Gasteiger partial charge in [-0.1, -0.05) is 41.5 Å². The second-order valence-corrected chi connectivity index (χ2v) is 11.5. The highest BCUT2D eigenvalue weighted by molar-refractivity contribution is 5.90. The van der Waals surface area contributed by atoms with Crippen molar-refractivity contribution in [1.82, 2.24) is 15.5 Å². The smallest absolute Gasteiger partial charge is 0.244 e. The first-order valence-electron chi connectivity index (χ1n) is 11.1. The molecule has 2 saturated heterocycles. The number of nitrogens with zero attached hydrogens (tertiary/aromatic N) is 2. The lowest BCUT2D eigenvalue weighted by atomic mass is 9.77. The first-order valence-corrected chi connectivity index (χ1v) is 11.1. The van der Waals surface area contributed by atoms with Gasteiger partial charge in [-0.3, -0.25) is 14.4 Å². The van der Waals surface area contributed by atoms with E-state index >= 15 is 0 Å². The van der Waals surface area contributed by atoms with Gasteiger partial charge in [-0.2, -0.15) is 5.26 Å². The van der Waals surface area contributed by atoms with Crippen molar-refractivity contribution in [3.63, 3.8) is 0 Å². The molecule has 7 nitrogen and oxygen atoms in total. The second kappa shape index (κ2) is 7.55. The Hall–Kier alpha value is -2.10. The van der Waals surface area contributed by atoms with Gasteiger partial charge >= 0.3 is 0 Å². The summed E-state index contributed by atoms with van der Waals surface area (Å²) in [5.74, 6) is -0.421. The summed E-state index contributed by atoms with van der Waals surface area (Å²) in [5, 5.41) is 15.5. The monoisotopic (exact) mass is 416 g/mol. The maximum absolute atomic E-state index is 13.3. The van der Waals surface area contributed by atoms with Crippen molar-refractivity contribution in [3.8, 4) is 6.07 Å². The van der Waals surface area contributed by atoms with E-state index in [1.165, 1.54) is 0 Å². The molecular formula is C23H36N4O3. The van der Waals surface area contributed by atoms with E-state index in [4.69, 9.17) is 0 Å². The normalized spacial score (nSPS) is 30.0. The zero-order valence-electron chi connectivity index (χ0n) is 19.2. The molecule has 30 heavy (non-hydrogen) atoms. The summed E-state index contributed by atoms with van der Waals surface area (Å²) < 4.78 is 0. The molecule has 1 saturated carbocycles. The number of nitrogens with one attached hydrogen (secondary N) is 2. The lowest BCUT2D eigenvalue weighted by Crippen LogP contribution is -2.54. The SMILES string of the molecule is C[C@@H]1CN(C(=O)CC(C)(C)C)[C@H](C(=O)N[C@H](C#N)C[C@@H]2CC3(CC3)NC2=O)C1(C)C. The van der Waals surface area contributed by atoms with E-state index in [9.17, 15) is 19.6 Å². The Balaban J connectivity index is 1.70. The molecule has 4 atom stereocenters. The van der Waals surface area contributed by atoms with Crippen LogP contribution in [0.25, 0.3) is 0 Å². The average Bonchev–Trinajstić information content (AvgIpc) is 3.21. The van der Waals surface area contributed by atoms with Crippen LogP contribution in [0, 0.1) is 34.0 Å². The van der Waals surface area contributed by atoms with Gasteiger partial charge in [-0.25, -0.2) is 0 Å². The first-order chi connectivity index (χ1) is 13.8. The molecule has 166 valence electrons. The summed E-state index contributed by atoms with van der Waals surface area (Å²) in [6.07, 6.45) is 3.41. The maximum atomic E-state index is 13.3. The highest BCUT2D eigenvalue weighted by Gasteiger charge is 2.54. The van der Waals surface area contributed by atoms with Crippen LogP contribution in [0.5, 0.6) is 0 Å². The van der Waals surface area contributed by atoms with E-state index < -0.39 is 17.5 Å². The number of hydrogen-bond donors (Lipinski definition) is 2. The van der Waals surface area contributed by atoms with Gasteiger partial charge in [0.25, 0.3) is 0 Å². The summed E-state index contributed by atoms with van der Waals surface area (Å²) in [5.41, 5.74) is -0.622. The van der Waals surface area contributed by atoms with Crippen molar-refractivity contribution in [2.24, 2.45) is 22.7 Å². The molecule has 0 aromatic rings. The number of rotatable bonds is 5. The summed E-state index contributed by atoms with van der Waals surface area (Å²) in [7, 11) is 0. The highest BCUT2D eigenvalue weighted by atomic mass is 16.2. The number of carbonyl (C=O) groups excluding carboxylic acids is 3. The Morgan fingerprint density at radius 3 is 2.47 bits per heavy atom. The van der Waals surface area contributed by atoms with Gasteiger partial charge in [-0.15, -0.1) is 0 Å². The van der Waals surface area contributed by atoms with Crippen LogP contribution in [0.1, 0.15) is 73.6 Å². The molecule has 0 unspecified atom stereocenters. The molecule has 2 aliphatic heterocycles. The van der Waals surface area contributed by atoms with Crippen LogP contribution in [0.15, 0.2) is 0 Å². The topological polar surface area (TPSA) is 102 Å². The van der Waals surface area contributed by atoms with Crippen molar-refractivity contribution in [2.45, 2.75) is 91.3 Å². The maximum Gasteiger partial charge on any atom is 0.244 e. The Labute approximate surface area is 179 Å². The van der Waals surface area contributed by atoms with Crippen LogP contribution in [-0.2, 0) is 14.4 Å². The van der Waals surface area contributed by atoms with Gasteiger partial charge in [0.2, 0.25) is 17.7 Å². The molecule has 3 aliphatic rings. The zero-order chi connectivity index (χ0) is 22.5. The predicted molar refractivity (Wildman–Crippen MR) is 113 cm³/mol. The lowest BCUT2D eigenvalue weighted by Gasteiger charge is -2.34. The van der Waals surface area contributed by atoms with Crippen molar-refractivity contribution in [3.05, 3.63) is 0 Å². The van der Waals surface area contributed by atoms with E-state index in [1.54, 1.807) is 4.90 Å². The van der Waals surface area contributed by atoms with Crippen molar-refractivity contribution < 1.29 is 14.4 Å². The van der Waals surface area contributed by atoms with Crippen LogP contribution in [0.3, 0.4) is 0 Å². The molecule has 2 heterocycles. The van der Waals surface area contributed by atoms with Crippen LogP contribution < -0.4 is 10.6 Å². The van der Waals surface area contributed by atoms with Crippen molar-refractivity contribution in [2.75, 3.05) is 6.54 Å². The highest BCUT2D eigenvalue weighted by Crippen LogP contribution is 2.46. The third kappa shape index (κ3) is 4.48. The molecule has 2 N–H and O–H groups in total. The summed E-state index contributed by atoms with van der Waals surface area (Å²) >= 11 is 0. The van der Waals surface area contributed by atoms with E-state index in [0.29, 0.717) is 19.4 Å². The zero-order valence-corrected chi connectivity index (χ0v) is 19.2. The van der Waals surface area contributed by atoms with Gasteiger partial charge in [0, 0.05) is 24.4 Å². The molecule has 3 rings (SSSR count). The van der Waals surface area contributed by atoms with E-state index in [1.807, 2.05) is 34.6 Å². The summed E-state index contributed by atoms with van der Waals surface area (Å²) in [6, 6.07) is 0.795. The largest absolute Gasteiger partial charge is 0.350 e. The van der Waals surface area contributed by atoms with Crippen LogP contribution >= 0.6 is 0 Å². The van der Waals surface area contributed by atoms with Gasteiger partial charge in [0.05, 0.1) is 6.07 Å². The molecule has 3 amide bonds. The molecule has 0 aromatic carbocycles. The number of nitriles is 1. The Bertz CT molecular complexity index is 772. The fourth-order valence-electron chi connectivity index (χ4n) is 4.92. The molecule has 0 radical (unpaired) electrons. The number of hydrogen-bond acceptors (Lipinski definition) is 4. The van der Waals surface area contributed by atoms with Crippen molar-refractivity contribution >= 4 is 17.7 Å². The third-order valence-electron chi connectivity index (χ3n) is 7.25. The Morgan fingerprint density at radius 1 is 1.33 bits per heavy atom. The minimum absolute atomic E-state index is 0.0150. The third-order valence-corrected chi connectivity index (χ3v) is 7.25. The lowest BCUT2D eigenvalue weighted by molar-refractivity contribution is -0.142. The molecule has 7 heteroatoms. The minimum Gasteiger partial charge on any atom is -0.350 e. The number of likely N-dealkylation sites (tertiary alicyclic amines) is 1. The molecule has 0 bridgehead atoms. The van der Waals surface area contributed by atoms with Gasteiger partial charge in [0.15, 0.2) is 0 Å². The van der Waals surface area contributed by atoms with Gasteiger partial charge < -0.3 is 15.5 Å². The average molecular weight is 417 g/mol. The van der Waals surface area contributed by atoms with Crippen LogP contribution in [0.2, 0.25) is 0 Å². The van der Waals surface area contributed by atoms with E-state index in [2.05, 4.69) is 23.6 Å². The van der Waals surface area contributed by atoms with Crippen LogP contribution in [-0.4, -0.2) is 46.8 Å². The second-order valence-electron chi connectivity index (χ2n) is 11.5. The standard InChI is InChI=1S/C23H36N4O3/c1-14-13-27(17(28)11-21(2,3)4)18(22(14,5)6)20(30)25-16(12-24)9-15-10-23(7-8-23)26-19(15)29/h14-16,18H,7-11,13H2,1-6H3,(H,25,30)(H,26,29)/t14-,15-,16+,18-/m1/s1. The fourth-order valence-corrected chi connectivity index (χ4v) is 4.92. The Morgan fingerprint density at radius 2 is 1.97 bits per heavy atom. The van der Waals surface area contributed by atoms with Crippen LogP contribution in [0.4, 0.5) is 0 Å². The number of amides is 3. The van der Waals surface area contributed by atoms with Gasteiger partial charge in [-0.05, 0) is 42.4 Å². The molecule has 1 spiro atoms. The van der Waals surface area contributed by atoms with E-state index in [0.717, 1.165) is 19.3 Å². The fraction of sp³-hybridized carbons (Fsp3) is 0.826.